The third kappa shape index (κ3) is 3.90. The minimum atomic E-state index is -0.507. The highest BCUT2D eigenvalue weighted by Gasteiger charge is 2.20. The molecule has 1 N–H and O–H groups in total. The summed E-state index contributed by atoms with van der Waals surface area (Å²) < 4.78 is 13.1. The van der Waals surface area contributed by atoms with E-state index in [2.05, 4.69) is 10.4 Å². The topological polar surface area (TPSA) is 121 Å². The fourth-order valence-corrected chi connectivity index (χ4v) is 3.83. The van der Waals surface area contributed by atoms with Crippen molar-refractivity contribution in [2.24, 2.45) is 0 Å². The summed E-state index contributed by atoms with van der Waals surface area (Å²) >= 11 is 0. The molecular formula is C24H21N5O5. The number of hydrogen-bond donors (Lipinski definition) is 1. The van der Waals surface area contributed by atoms with Crippen molar-refractivity contribution >= 4 is 28.3 Å². The largest absolute Gasteiger partial charge is 0.486 e. The lowest BCUT2D eigenvalue weighted by Gasteiger charge is -2.19. The molecule has 172 valence electrons. The number of carbonyl (C=O) groups is 1. The maximum absolute atomic E-state index is 13.3. The molecule has 5 rings (SSSR count). The maximum Gasteiger partial charge on any atom is 0.271 e. The van der Waals surface area contributed by atoms with Crippen LogP contribution in [0.2, 0.25) is 0 Å². The molecule has 0 bridgehead atoms. The van der Waals surface area contributed by atoms with Crippen LogP contribution in [0, 0.1) is 10.1 Å². The van der Waals surface area contributed by atoms with Gasteiger partial charge in [0, 0.05) is 29.4 Å². The zero-order valence-electron chi connectivity index (χ0n) is 18.5. The lowest BCUT2D eigenvalue weighted by Crippen LogP contribution is -2.15. The first kappa shape index (κ1) is 21.4. The van der Waals surface area contributed by atoms with Gasteiger partial charge in [-0.1, -0.05) is 6.07 Å². The van der Waals surface area contributed by atoms with Crippen LogP contribution in [-0.2, 0) is 0 Å². The number of nitrogens with zero attached hydrogens (tertiary/aromatic N) is 4. The molecule has 0 fully saturated rings. The van der Waals surface area contributed by atoms with Crippen LogP contribution in [0.1, 0.15) is 30.2 Å². The van der Waals surface area contributed by atoms with Gasteiger partial charge in [0.1, 0.15) is 13.2 Å². The zero-order chi connectivity index (χ0) is 23.8. The summed E-state index contributed by atoms with van der Waals surface area (Å²) in [6, 6.07) is 13.0. The number of hydrogen-bond acceptors (Lipinski definition) is 7. The molecule has 0 spiro atoms. The van der Waals surface area contributed by atoms with Crippen molar-refractivity contribution in [1.29, 1.82) is 0 Å². The lowest BCUT2D eigenvalue weighted by atomic mass is 10.1. The Balaban J connectivity index is 1.60. The lowest BCUT2D eigenvalue weighted by molar-refractivity contribution is -0.384. The number of nitro benzene ring substituents is 1. The number of nitro groups is 1. The van der Waals surface area contributed by atoms with Crippen LogP contribution in [-0.4, -0.2) is 38.8 Å². The molecule has 0 aliphatic carbocycles. The number of anilines is 1. The first-order valence-corrected chi connectivity index (χ1v) is 10.7. The van der Waals surface area contributed by atoms with E-state index >= 15 is 0 Å². The fourth-order valence-electron chi connectivity index (χ4n) is 3.83. The molecule has 10 heteroatoms. The second-order valence-electron chi connectivity index (χ2n) is 8.10. The number of ether oxygens (including phenoxy) is 2. The van der Waals surface area contributed by atoms with E-state index in [1.165, 1.54) is 18.2 Å². The van der Waals surface area contributed by atoms with Crippen LogP contribution < -0.4 is 14.8 Å². The van der Waals surface area contributed by atoms with Crippen molar-refractivity contribution in [3.05, 3.63) is 70.4 Å². The molecule has 0 radical (unpaired) electrons. The second-order valence-corrected chi connectivity index (χ2v) is 8.10. The molecule has 0 saturated heterocycles. The molecule has 3 heterocycles. The third-order valence-electron chi connectivity index (χ3n) is 5.45. The Morgan fingerprint density at radius 1 is 1.12 bits per heavy atom. The molecule has 34 heavy (non-hydrogen) atoms. The Morgan fingerprint density at radius 3 is 2.68 bits per heavy atom. The average molecular weight is 459 g/mol. The molecule has 1 amide bonds. The summed E-state index contributed by atoms with van der Waals surface area (Å²) in [6.07, 6.45) is 1.61. The second kappa shape index (κ2) is 8.47. The summed E-state index contributed by atoms with van der Waals surface area (Å²) in [7, 11) is 0. The number of rotatable bonds is 5. The average Bonchev–Trinajstić information content (AvgIpc) is 3.27. The smallest absolute Gasteiger partial charge is 0.271 e. The van der Waals surface area contributed by atoms with E-state index in [4.69, 9.17) is 14.5 Å². The number of benzene rings is 2. The Bertz CT molecular complexity index is 1430. The molecule has 4 aromatic rings. The highest BCUT2D eigenvalue weighted by Crippen LogP contribution is 2.35. The van der Waals surface area contributed by atoms with E-state index in [1.54, 1.807) is 23.0 Å². The Kier molecular flexibility index (Phi) is 5.33. The zero-order valence-corrected chi connectivity index (χ0v) is 18.5. The normalized spacial score (nSPS) is 12.7. The minimum absolute atomic E-state index is 0.0215. The highest BCUT2D eigenvalue weighted by atomic mass is 16.6. The highest BCUT2D eigenvalue weighted by molar-refractivity contribution is 6.12. The summed E-state index contributed by atoms with van der Waals surface area (Å²) in [6.45, 7) is 4.91. The fraction of sp³-hybridized carbons (Fsp3) is 0.208. The van der Waals surface area contributed by atoms with Crippen molar-refractivity contribution in [2.75, 3.05) is 18.5 Å². The van der Waals surface area contributed by atoms with Gasteiger partial charge < -0.3 is 14.8 Å². The number of amides is 1. The van der Waals surface area contributed by atoms with E-state index in [0.29, 0.717) is 52.7 Å². The molecular weight excluding hydrogens is 438 g/mol. The van der Waals surface area contributed by atoms with Crippen molar-refractivity contribution < 1.29 is 19.2 Å². The summed E-state index contributed by atoms with van der Waals surface area (Å²) in [5.41, 5.74) is 2.45. The number of nitrogens with one attached hydrogen (secondary N) is 1. The summed E-state index contributed by atoms with van der Waals surface area (Å²) in [5, 5.41) is 18.9. The Hall–Kier alpha value is -4.47. The van der Waals surface area contributed by atoms with Gasteiger partial charge in [-0.3, -0.25) is 14.9 Å². The first-order valence-electron chi connectivity index (χ1n) is 10.7. The Labute approximate surface area is 194 Å². The van der Waals surface area contributed by atoms with E-state index in [0.717, 1.165) is 5.56 Å². The molecule has 0 atom stereocenters. The number of fused-ring (bicyclic) bond motifs is 2. The minimum Gasteiger partial charge on any atom is -0.486 e. The molecule has 1 aliphatic rings. The first-order chi connectivity index (χ1) is 16.4. The SMILES string of the molecule is CC(C)n1ncc2c(C(=O)Nc3cccc([N+](=O)[O-])c3)cc(-c3ccc4c(c3)OCCO4)nc21. The van der Waals surface area contributed by atoms with Crippen LogP contribution in [0.25, 0.3) is 22.3 Å². The van der Waals surface area contributed by atoms with Gasteiger partial charge in [-0.25, -0.2) is 9.67 Å². The quantitative estimate of drug-likeness (QED) is 0.342. The summed E-state index contributed by atoms with van der Waals surface area (Å²) in [5.74, 6) is 0.854. The van der Waals surface area contributed by atoms with E-state index < -0.39 is 10.8 Å². The maximum atomic E-state index is 13.3. The van der Waals surface area contributed by atoms with Gasteiger partial charge in [0.2, 0.25) is 0 Å². The molecule has 0 unspecified atom stereocenters. The predicted molar refractivity (Wildman–Crippen MR) is 125 cm³/mol. The Morgan fingerprint density at radius 2 is 1.91 bits per heavy atom. The van der Waals surface area contributed by atoms with Crippen molar-refractivity contribution in [1.82, 2.24) is 14.8 Å². The monoisotopic (exact) mass is 459 g/mol. The summed E-state index contributed by atoms with van der Waals surface area (Å²) in [4.78, 5) is 28.7. The van der Waals surface area contributed by atoms with Crippen molar-refractivity contribution in [2.45, 2.75) is 19.9 Å². The van der Waals surface area contributed by atoms with E-state index in [-0.39, 0.29) is 11.7 Å². The number of non-ortho nitro benzene ring substituents is 1. The third-order valence-corrected chi connectivity index (χ3v) is 5.45. The van der Waals surface area contributed by atoms with Gasteiger partial charge in [0.15, 0.2) is 17.1 Å². The van der Waals surface area contributed by atoms with Gasteiger partial charge in [-0.2, -0.15) is 5.10 Å². The van der Waals surface area contributed by atoms with Gasteiger partial charge in [0.25, 0.3) is 11.6 Å². The molecule has 10 nitrogen and oxygen atoms in total. The van der Waals surface area contributed by atoms with E-state index in [9.17, 15) is 14.9 Å². The molecule has 0 saturated carbocycles. The number of carbonyl (C=O) groups excluding carboxylic acids is 1. The molecule has 2 aromatic heterocycles. The van der Waals surface area contributed by atoms with Crippen LogP contribution in [0.4, 0.5) is 11.4 Å². The van der Waals surface area contributed by atoms with Crippen LogP contribution in [0.3, 0.4) is 0 Å². The number of aromatic nitrogens is 3. The van der Waals surface area contributed by atoms with Crippen LogP contribution >= 0.6 is 0 Å². The van der Waals surface area contributed by atoms with Gasteiger partial charge in [-0.05, 0) is 44.2 Å². The number of pyridine rings is 1. The van der Waals surface area contributed by atoms with Crippen molar-refractivity contribution in [3.63, 3.8) is 0 Å². The van der Waals surface area contributed by atoms with Gasteiger partial charge in [0.05, 0.1) is 27.8 Å². The standard InChI is InChI=1S/C24H21N5O5/c1-14(2)28-23-19(13-25-28)18(24(30)26-16-4-3-5-17(11-16)29(31)32)12-20(27-23)15-6-7-21-22(10-15)34-9-8-33-21/h3-7,10-14H,8-9H2,1-2H3,(H,26,30). The van der Waals surface area contributed by atoms with Crippen molar-refractivity contribution in [3.8, 4) is 22.8 Å². The molecule has 1 aliphatic heterocycles. The van der Waals surface area contributed by atoms with Crippen LogP contribution in [0.15, 0.2) is 54.7 Å². The predicted octanol–water partition coefficient (Wildman–Crippen LogP) is 4.61. The van der Waals surface area contributed by atoms with Gasteiger partial charge >= 0.3 is 0 Å². The van der Waals surface area contributed by atoms with E-state index in [1.807, 2.05) is 32.0 Å². The molecule has 2 aromatic carbocycles. The van der Waals surface area contributed by atoms with Gasteiger partial charge in [-0.15, -0.1) is 0 Å². The van der Waals surface area contributed by atoms with Crippen LogP contribution in [0.5, 0.6) is 11.5 Å².